The number of furan rings is 1. The Morgan fingerprint density at radius 1 is 1.11 bits per heavy atom. The fraction of sp³-hybridized carbons (Fsp3) is 0.316. The number of rotatable bonds is 4. The summed E-state index contributed by atoms with van der Waals surface area (Å²) in [6.45, 7) is 5.02. The summed E-state index contributed by atoms with van der Waals surface area (Å²) < 4.78 is 5.39. The molecule has 3 heterocycles. The molecule has 2 amide bonds. The second-order valence-corrected chi connectivity index (χ2v) is 6.73. The molecule has 1 aliphatic heterocycles. The number of anilines is 1. The van der Waals surface area contributed by atoms with Crippen LogP contribution >= 0.6 is 0 Å². The van der Waals surface area contributed by atoms with E-state index in [9.17, 15) is 9.59 Å². The SMILES string of the molecule is Cc1cc(C(=O)Nc2ccc(-n3nnc(C(=O)N4CCCC4)n3)cc2)c(C)o1. The number of carbonyl (C=O) groups excluding carboxylic acids is 2. The quantitative estimate of drug-likeness (QED) is 0.745. The van der Waals surface area contributed by atoms with E-state index in [1.807, 2.05) is 0 Å². The van der Waals surface area contributed by atoms with Crippen LogP contribution in [0, 0.1) is 13.8 Å². The van der Waals surface area contributed by atoms with Crippen LogP contribution in [0.15, 0.2) is 34.7 Å². The molecule has 9 nitrogen and oxygen atoms in total. The summed E-state index contributed by atoms with van der Waals surface area (Å²) in [5.74, 6) is 0.922. The molecule has 0 radical (unpaired) electrons. The highest BCUT2D eigenvalue weighted by Gasteiger charge is 2.23. The highest BCUT2D eigenvalue weighted by atomic mass is 16.3. The number of aryl methyl sites for hydroxylation is 2. The van der Waals surface area contributed by atoms with E-state index < -0.39 is 0 Å². The molecule has 1 saturated heterocycles. The summed E-state index contributed by atoms with van der Waals surface area (Å²) in [6.07, 6.45) is 2.01. The maximum atomic E-state index is 12.4. The van der Waals surface area contributed by atoms with E-state index in [1.54, 1.807) is 49.1 Å². The van der Waals surface area contributed by atoms with E-state index in [4.69, 9.17) is 4.42 Å². The molecule has 0 bridgehead atoms. The molecule has 1 N–H and O–H groups in total. The van der Waals surface area contributed by atoms with Gasteiger partial charge in [0.2, 0.25) is 0 Å². The zero-order valence-corrected chi connectivity index (χ0v) is 15.7. The Morgan fingerprint density at radius 3 is 2.46 bits per heavy atom. The van der Waals surface area contributed by atoms with Crippen molar-refractivity contribution in [1.82, 2.24) is 25.1 Å². The molecule has 1 aliphatic rings. The Balaban J connectivity index is 1.45. The predicted molar refractivity (Wildman–Crippen MR) is 100 cm³/mol. The van der Waals surface area contributed by atoms with E-state index in [0.717, 1.165) is 25.9 Å². The summed E-state index contributed by atoms with van der Waals surface area (Å²) in [7, 11) is 0. The first-order valence-electron chi connectivity index (χ1n) is 9.09. The number of carbonyl (C=O) groups is 2. The molecule has 0 aliphatic carbocycles. The third-order valence-corrected chi connectivity index (χ3v) is 4.64. The Morgan fingerprint density at radius 2 is 1.82 bits per heavy atom. The standard InChI is InChI=1S/C19H20N6O3/c1-12-11-16(13(2)28-12)18(26)20-14-5-7-15(8-6-14)25-22-17(21-23-25)19(27)24-9-3-4-10-24/h5-8,11H,3-4,9-10H2,1-2H3,(H,20,26). The van der Waals surface area contributed by atoms with Crippen molar-refractivity contribution in [2.45, 2.75) is 26.7 Å². The van der Waals surface area contributed by atoms with Crippen LogP contribution in [0.5, 0.6) is 0 Å². The zero-order valence-electron chi connectivity index (χ0n) is 15.7. The van der Waals surface area contributed by atoms with Gasteiger partial charge < -0.3 is 14.6 Å². The van der Waals surface area contributed by atoms with Gasteiger partial charge in [-0.3, -0.25) is 9.59 Å². The number of hydrogen-bond acceptors (Lipinski definition) is 6. The number of aromatic nitrogens is 4. The van der Waals surface area contributed by atoms with E-state index >= 15 is 0 Å². The highest BCUT2D eigenvalue weighted by Crippen LogP contribution is 2.18. The summed E-state index contributed by atoms with van der Waals surface area (Å²) in [5, 5.41) is 14.8. The summed E-state index contributed by atoms with van der Waals surface area (Å²) >= 11 is 0. The highest BCUT2D eigenvalue weighted by molar-refractivity contribution is 6.05. The van der Waals surface area contributed by atoms with Gasteiger partial charge in [-0.25, -0.2) is 0 Å². The van der Waals surface area contributed by atoms with Crippen molar-refractivity contribution < 1.29 is 14.0 Å². The van der Waals surface area contributed by atoms with Gasteiger partial charge in [-0.2, -0.15) is 0 Å². The second kappa shape index (κ2) is 7.26. The smallest absolute Gasteiger partial charge is 0.295 e. The monoisotopic (exact) mass is 380 g/mol. The second-order valence-electron chi connectivity index (χ2n) is 6.73. The van der Waals surface area contributed by atoms with Crippen LogP contribution in [-0.2, 0) is 0 Å². The van der Waals surface area contributed by atoms with Crippen LogP contribution < -0.4 is 5.32 Å². The van der Waals surface area contributed by atoms with Crippen LogP contribution in [0.25, 0.3) is 5.69 Å². The first-order valence-corrected chi connectivity index (χ1v) is 9.09. The third-order valence-electron chi connectivity index (χ3n) is 4.64. The van der Waals surface area contributed by atoms with Gasteiger partial charge in [-0.15, -0.1) is 15.0 Å². The van der Waals surface area contributed by atoms with Crippen molar-refractivity contribution in [2.75, 3.05) is 18.4 Å². The molecule has 4 rings (SSSR count). The number of amides is 2. The molecule has 0 spiro atoms. The van der Waals surface area contributed by atoms with Gasteiger partial charge in [0.15, 0.2) is 0 Å². The topological polar surface area (TPSA) is 106 Å². The molecule has 0 atom stereocenters. The Hall–Kier alpha value is -3.49. The fourth-order valence-corrected chi connectivity index (χ4v) is 3.20. The molecule has 0 saturated carbocycles. The molecule has 9 heteroatoms. The fourth-order valence-electron chi connectivity index (χ4n) is 3.20. The van der Waals surface area contributed by atoms with Gasteiger partial charge in [0.1, 0.15) is 11.5 Å². The van der Waals surface area contributed by atoms with Crippen LogP contribution in [0.2, 0.25) is 0 Å². The number of nitrogens with zero attached hydrogens (tertiary/aromatic N) is 5. The first-order chi connectivity index (χ1) is 13.5. The lowest BCUT2D eigenvalue weighted by Gasteiger charge is -2.11. The molecule has 28 heavy (non-hydrogen) atoms. The van der Waals surface area contributed by atoms with Gasteiger partial charge in [-0.05, 0) is 62.2 Å². The molecule has 2 aromatic heterocycles. The minimum atomic E-state index is -0.237. The average molecular weight is 380 g/mol. The van der Waals surface area contributed by atoms with Crippen LogP contribution in [-0.4, -0.2) is 50.0 Å². The van der Waals surface area contributed by atoms with Crippen molar-refractivity contribution in [3.63, 3.8) is 0 Å². The van der Waals surface area contributed by atoms with Gasteiger partial charge >= 0.3 is 0 Å². The Bertz CT molecular complexity index is 1010. The first kappa shape index (κ1) is 17.9. The van der Waals surface area contributed by atoms with Crippen molar-refractivity contribution in [2.24, 2.45) is 0 Å². The summed E-state index contributed by atoms with van der Waals surface area (Å²) in [6, 6.07) is 8.67. The van der Waals surface area contributed by atoms with Gasteiger partial charge in [0.25, 0.3) is 17.6 Å². The lowest BCUT2D eigenvalue weighted by atomic mass is 10.2. The molecule has 1 aromatic carbocycles. The van der Waals surface area contributed by atoms with Crippen molar-refractivity contribution >= 4 is 17.5 Å². The number of likely N-dealkylation sites (tertiary alicyclic amines) is 1. The van der Waals surface area contributed by atoms with E-state index in [-0.39, 0.29) is 17.6 Å². The number of benzene rings is 1. The maximum absolute atomic E-state index is 12.4. The summed E-state index contributed by atoms with van der Waals surface area (Å²) in [5.41, 5.74) is 1.77. The maximum Gasteiger partial charge on any atom is 0.295 e. The normalized spacial score (nSPS) is 13.7. The van der Waals surface area contributed by atoms with Gasteiger partial charge in [-0.1, -0.05) is 0 Å². The molecule has 0 unspecified atom stereocenters. The average Bonchev–Trinajstić information content (AvgIpc) is 3.43. The van der Waals surface area contributed by atoms with E-state index in [2.05, 4.69) is 20.7 Å². The van der Waals surface area contributed by atoms with E-state index in [0.29, 0.717) is 28.5 Å². The van der Waals surface area contributed by atoms with Crippen LogP contribution in [0.3, 0.4) is 0 Å². The van der Waals surface area contributed by atoms with Crippen LogP contribution in [0.4, 0.5) is 5.69 Å². The molecular formula is C19H20N6O3. The molecule has 144 valence electrons. The van der Waals surface area contributed by atoms with Crippen molar-refractivity contribution in [1.29, 1.82) is 0 Å². The largest absolute Gasteiger partial charge is 0.466 e. The van der Waals surface area contributed by atoms with E-state index in [1.165, 1.54) is 4.80 Å². The molecule has 1 fully saturated rings. The van der Waals surface area contributed by atoms with Crippen LogP contribution in [0.1, 0.15) is 45.3 Å². The lowest BCUT2D eigenvalue weighted by Crippen LogP contribution is -2.28. The predicted octanol–water partition coefficient (Wildman–Crippen LogP) is 2.36. The van der Waals surface area contributed by atoms with Crippen molar-refractivity contribution in [3.05, 3.63) is 53.2 Å². The Kier molecular flexibility index (Phi) is 4.64. The number of nitrogens with one attached hydrogen (secondary N) is 1. The Labute approximate surface area is 161 Å². The van der Waals surface area contributed by atoms with Gasteiger partial charge in [0, 0.05) is 18.8 Å². The number of tetrazole rings is 1. The molecular weight excluding hydrogens is 360 g/mol. The zero-order chi connectivity index (χ0) is 19.7. The van der Waals surface area contributed by atoms with Crippen molar-refractivity contribution in [3.8, 4) is 5.69 Å². The van der Waals surface area contributed by atoms with Gasteiger partial charge in [0.05, 0.1) is 11.3 Å². The minimum Gasteiger partial charge on any atom is -0.466 e. The minimum absolute atomic E-state index is 0.0880. The third kappa shape index (κ3) is 3.51. The summed E-state index contributed by atoms with van der Waals surface area (Å²) in [4.78, 5) is 27.7. The number of hydrogen-bond donors (Lipinski definition) is 1. The lowest BCUT2D eigenvalue weighted by molar-refractivity contribution is 0.0780. The molecule has 3 aromatic rings.